The summed E-state index contributed by atoms with van der Waals surface area (Å²) in [6, 6.07) is 9.57. The Morgan fingerprint density at radius 2 is 1.95 bits per heavy atom. The summed E-state index contributed by atoms with van der Waals surface area (Å²) in [4.78, 5) is 2.62. The molecule has 1 aromatic rings. The van der Waals surface area contributed by atoms with E-state index in [9.17, 15) is 0 Å². The molecule has 118 valence electrons. The maximum absolute atomic E-state index is 5.10. The predicted octanol–water partition coefficient (Wildman–Crippen LogP) is 3.58. The molecule has 0 saturated heterocycles. The molecule has 1 N–H and O–H groups in total. The van der Waals surface area contributed by atoms with Crippen molar-refractivity contribution in [3.8, 4) is 0 Å². The molecule has 1 aliphatic rings. The normalized spacial score (nSPS) is 16.1. The van der Waals surface area contributed by atoms with Gasteiger partial charge in [-0.3, -0.25) is 0 Å². The van der Waals surface area contributed by atoms with E-state index in [-0.39, 0.29) is 0 Å². The van der Waals surface area contributed by atoms with E-state index in [0.29, 0.717) is 0 Å². The first-order chi connectivity index (χ1) is 10.4. The van der Waals surface area contributed by atoms with E-state index in [1.807, 2.05) is 0 Å². The van der Waals surface area contributed by atoms with Gasteiger partial charge >= 0.3 is 0 Å². The Bertz CT molecular complexity index is 402. The molecule has 0 spiro atoms. The van der Waals surface area contributed by atoms with Crippen LogP contribution in [0.1, 0.15) is 44.6 Å². The first-order valence-electron chi connectivity index (χ1n) is 8.41. The van der Waals surface area contributed by atoms with Crippen molar-refractivity contribution >= 4 is 5.69 Å². The summed E-state index contributed by atoms with van der Waals surface area (Å²) in [5.41, 5.74) is 2.82. The zero-order chi connectivity index (χ0) is 14.9. The van der Waals surface area contributed by atoms with E-state index in [1.54, 1.807) is 7.11 Å². The molecular weight excluding hydrogens is 260 g/mol. The van der Waals surface area contributed by atoms with Crippen LogP contribution in [0.5, 0.6) is 0 Å². The van der Waals surface area contributed by atoms with Crippen molar-refractivity contribution in [2.75, 3.05) is 31.7 Å². The minimum absolute atomic E-state index is 0.726. The van der Waals surface area contributed by atoms with E-state index < -0.39 is 0 Å². The van der Waals surface area contributed by atoms with Crippen molar-refractivity contribution in [1.29, 1.82) is 0 Å². The summed E-state index contributed by atoms with van der Waals surface area (Å²) in [5.74, 6) is 0. The minimum Gasteiger partial charge on any atom is -0.383 e. The van der Waals surface area contributed by atoms with Crippen molar-refractivity contribution in [2.24, 2.45) is 0 Å². The first-order valence-corrected chi connectivity index (χ1v) is 8.41. The van der Waals surface area contributed by atoms with Gasteiger partial charge in [0.05, 0.1) is 6.61 Å². The number of nitrogens with one attached hydrogen (secondary N) is 1. The van der Waals surface area contributed by atoms with Gasteiger partial charge in [-0.25, -0.2) is 0 Å². The largest absolute Gasteiger partial charge is 0.383 e. The molecule has 1 aliphatic carbocycles. The van der Waals surface area contributed by atoms with E-state index in [2.05, 4.69) is 41.4 Å². The Hall–Kier alpha value is -1.06. The molecule has 3 heteroatoms. The molecule has 0 aromatic heterocycles. The van der Waals surface area contributed by atoms with Gasteiger partial charge in [-0.2, -0.15) is 0 Å². The highest BCUT2D eigenvalue weighted by Gasteiger charge is 2.21. The number of benzene rings is 1. The SMILES string of the molecule is CCN(c1ccccc1CNCCOC)C1CCCCC1. The topological polar surface area (TPSA) is 24.5 Å². The molecular formula is C18H30N2O. The zero-order valence-corrected chi connectivity index (χ0v) is 13.6. The molecule has 0 bridgehead atoms. The summed E-state index contributed by atoms with van der Waals surface area (Å²) < 4.78 is 5.10. The number of hydrogen-bond donors (Lipinski definition) is 1. The lowest BCUT2D eigenvalue weighted by Gasteiger charge is -2.36. The molecule has 0 amide bonds. The fraction of sp³-hybridized carbons (Fsp3) is 0.667. The third-order valence-electron chi connectivity index (χ3n) is 4.46. The second kappa shape index (κ2) is 9.06. The van der Waals surface area contributed by atoms with Gasteiger partial charge in [0.1, 0.15) is 0 Å². The van der Waals surface area contributed by atoms with Gasteiger partial charge < -0.3 is 15.0 Å². The van der Waals surface area contributed by atoms with Crippen LogP contribution in [0.15, 0.2) is 24.3 Å². The number of rotatable bonds is 8. The Labute approximate surface area is 129 Å². The minimum atomic E-state index is 0.726. The van der Waals surface area contributed by atoms with Gasteiger partial charge in [0.2, 0.25) is 0 Å². The van der Waals surface area contributed by atoms with Gasteiger partial charge in [-0.15, -0.1) is 0 Å². The van der Waals surface area contributed by atoms with Gasteiger partial charge in [0.25, 0.3) is 0 Å². The molecule has 0 heterocycles. The smallest absolute Gasteiger partial charge is 0.0587 e. The number of methoxy groups -OCH3 is 1. The lowest BCUT2D eigenvalue weighted by molar-refractivity contribution is 0.199. The Kier molecular flexibility index (Phi) is 7.04. The number of hydrogen-bond acceptors (Lipinski definition) is 3. The maximum Gasteiger partial charge on any atom is 0.0587 e. The Morgan fingerprint density at radius 1 is 1.19 bits per heavy atom. The van der Waals surface area contributed by atoms with Crippen LogP contribution < -0.4 is 10.2 Å². The Morgan fingerprint density at radius 3 is 2.67 bits per heavy atom. The van der Waals surface area contributed by atoms with Crippen LogP contribution in [-0.2, 0) is 11.3 Å². The number of ether oxygens (including phenoxy) is 1. The molecule has 1 fully saturated rings. The molecule has 0 radical (unpaired) electrons. The van der Waals surface area contributed by atoms with E-state index in [4.69, 9.17) is 4.74 Å². The maximum atomic E-state index is 5.10. The van der Waals surface area contributed by atoms with Crippen LogP contribution in [-0.4, -0.2) is 32.8 Å². The summed E-state index contributed by atoms with van der Waals surface area (Å²) in [7, 11) is 1.75. The summed E-state index contributed by atoms with van der Waals surface area (Å²) in [5, 5.41) is 3.47. The Balaban J connectivity index is 2.05. The van der Waals surface area contributed by atoms with Gasteiger partial charge in [-0.05, 0) is 31.4 Å². The van der Waals surface area contributed by atoms with Gasteiger partial charge in [0.15, 0.2) is 0 Å². The van der Waals surface area contributed by atoms with Crippen LogP contribution in [0.3, 0.4) is 0 Å². The molecule has 0 unspecified atom stereocenters. The third-order valence-corrected chi connectivity index (χ3v) is 4.46. The summed E-state index contributed by atoms with van der Waals surface area (Å²) >= 11 is 0. The average Bonchev–Trinajstić information content (AvgIpc) is 2.55. The lowest BCUT2D eigenvalue weighted by Crippen LogP contribution is -2.37. The highest BCUT2D eigenvalue weighted by atomic mass is 16.5. The average molecular weight is 290 g/mol. The zero-order valence-electron chi connectivity index (χ0n) is 13.6. The van der Waals surface area contributed by atoms with Crippen LogP contribution in [0.2, 0.25) is 0 Å². The number of para-hydroxylation sites is 1. The second-order valence-corrected chi connectivity index (χ2v) is 5.88. The lowest BCUT2D eigenvalue weighted by atomic mass is 9.93. The summed E-state index contributed by atoms with van der Waals surface area (Å²) in [6.07, 6.45) is 6.87. The molecule has 0 aliphatic heterocycles. The van der Waals surface area contributed by atoms with Crippen molar-refractivity contribution in [1.82, 2.24) is 5.32 Å². The van der Waals surface area contributed by atoms with Crippen LogP contribution in [0.25, 0.3) is 0 Å². The van der Waals surface area contributed by atoms with Gasteiger partial charge in [0, 0.05) is 38.5 Å². The fourth-order valence-electron chi connectivity index (χ4n) is 3.36. The first kappa shape index (κ1) is 16.3. The summed E-state index contributed by atoms with van der Waals surface area (Å²) in [6.45, 7) is 5.97. The van der Waals surface area contributed by atoms with E-state index in [0.717, 1.165) is 32.3 Å². The van der Waals surface area contributed by atoms with Crippen molar-refractivity contribution < 1.29 is 4.74 Å². The quantitative estimate of drug-likeness (QED) is 0.741. The molecule has 1 aromatic carbocycles. The predicted molar refractivity (Wildman–Crippen MR) is 89.9 cm³/mol. The fourth-order valence-corrected chi connectivity index (χ4v) is 3.36. The van der Waals surface area contributed by atoms with E-state index in [1.165, 1.54) is 43.4 Å². The third kappa shape index (κ3) is 4.72. The second-order valence-electron chi connectivity index (χ2n) is 5.88. The highest BCUT2D eigenvalue weighted by molar-refractivity contribution is 5.54. The molecule has 21 heavy (non-hydrogen) atoms. The van der Waals surface area contributed by atoms with Crippen LogP contribution in [0, 0.1) is 0 Å². The van der Waals surface area contributed by atoms with Crippen LogP contribution in [0.4, 0.5) is 5.69 Å². The molecule has 1 saturated carbocycles. The number of nitrogens with zero attached hydrogens (tertiary/aromatic N) is 1. The molecule has 3 nitrogen and oxygen atoms in total. The monoisotopic (exact) mass is 290 g/mol. The van der Waals surface area contributed by atoms with E-state index >= 15 is 0 Å². The van der Waals surface area contributed by atoms with Crippen molar-refractivity contribution in [3.63, 3.8) is 0 Å². The highest BCUT2D eigenvalue weighted by Crippen LogP contribution is 2.29. The van der Waals surface area contributed by atoms with Crippen molar-refractivity contribution in [2.45, 2.75) is 51.6 Å². The molecule has 2 rings (SSSR count). The number of anilines is 1. The van der Waals surface area contributed by atoms with Crippen LogP contribution >= 0.6 is 0 Å². The standard InChI is InChI=1S/C18H30N2O/c1-3-20(17-10-5-4-6-11-17)18-12-8-7-9-16(18)15-19-13-14-21-2/h7-9,12,17,19H,3-6,10-11,13-15H2,1-2H3. The van der Waals surface area contributed by atoms with Gasteiger partial charge in [-0.1, -0.05) is 37.5 Å². The molecule has 0 atom stereocenters. The van der Waals surface area contributed by atoms with Crippen molar-refractivity contribution in [3.05, 3.63) is 29.8 Å².